The summed E-state index contributed by atoms with van der Waals surface area (Å²) in [6, 6.07) is 15.5. The van der Waals surface area contributed by atoms with E-state index >= 15 is 0 Å². The first kappa shape index (κ1) is 20.9. The van der Waals surface area contributed by atoms with Gasteiger partial charge in [-0.05, 0) is 11.1 Å². The molecule has 0 aliphatic carbocycles. The van der Waals surface area contributed by atoms with Gasteiger partial charge in [0.1, 0.15) is 12.6 Å². The van der Waals surface area contributed by atoms with Crippen LogP contribution in [0, 0.1) is 0 Å². The van der Waals surface area contributed by atoms with Gasteiger partial charge in [0.2, 0.25) is 5.91 Å². The molecule has 29 heavy (non-hydrogen) atoms. The molecule has 1 atom stereocenters. The molecular formula is C21H21F3N2O3. The molecule has 2 aromatic carbocycles. The average molecular weight is 406 g/mol. The molecule has 0 saturated carbocycles. The van der Waals surface area contributed by atoms with Crippen LogP contribution in [0.2, 0.25) is 0 Å². The molecule has 1 fully saturated rings. The fourth-order valence-electron chi connectivity index (χ4n) is 3.26. The quantitative estimate of drug-likeness (QED) is 0.698. The molecule has 1 aliphatic rings. The van der Waals surface area contributed by atoms with Crippen molar-refractivity contribution in [2.24, 2.45) is 0 Å². The second-order valence-corrected chi connectivity index (χ2v) is 6.80. The highest BCUT2D eigenvalue weighted by Crippen LogP contribution is 2.30. The summed E-state index contributed by atoms with van der Waals surface area (Å²) in [5, 5.41) is 0. The van der Waals surface area contributed by atoms with Gasteiger partial charge in [-0.3, -0.25) is 9.69 Å². The molecular weight excluding hydrogens is 385 g/mol. The van der Waals surface area contributed by atoms with Crippen molar-refractivity contribution in [3.63, 3.8) is 0 Å². The molecule has 0 spiro atoms. The Morgan fingerprint density at radius 1 is 1.00 bits per heavy atom. The number of hydrogen-bond donors (Lipinski definition) is 0. The highest BCUT2D eigenvalue weighted by Gasteiger charge is 2.46. The first-order chi connectivity index (χ1) is 13.8. The number of carbonyl (C=O) groups excluding carboxylic acids is 2. The third-order valence-electron chi connectivity index (χ3n) is 4.71. The van der Waals surface area contributed by atoms with Gasteiger partial charge in [-0.15, -0.1) is 0 Å². The monoisotopic (exact) mass is 406 g/mol. The maximum atomic E-state index is 14.0. The van der Waals surface area contributed by atoms with Crippen LogP contribution in [0.3, 0.4) is 0 Å². The number of nitrogens with zero attached hydrogens (tertiary/aromatic N) is 2. The second kappa shape index (κ2) is 9.09. The molecule has 0 N–H and O–H groups in total. The van der Waals surface area contributed by atoms with E-state index in [-0.39, 0.29) is 26.2 Å². The number of benzene rings is 2. The standard InChI is InChI=1S/C21H21F3N2O3/c22-21(23,24)18(13-19(27)26-11-12-29-20(26)28)25(14-16-7-3-1-4-8-16)15-17-9-5-2-6-10-17/h1-10,18H,11-15H2. The predicted molar refractivity (Wildman–Crippen MR) is 99.7 cm³/mol. The van der Waals surface area contributed by atoms with Crippen LogP contribution >= 0.6 is 0 Å². The van der Waals surface area contributed by atoms with E-state index in [0.717, 1.165) is 4.90 Å². The lowest BCUT2D eigenvalue weighted by atomic mass is 10.1. The lowest BCUT2D eigenvalue weighted by molar-refractivity contribution is -0.191. The van der Waals surface area contributed by atoms with Crippen molar-refractivity contribution in [3.05, 3.63) is 71.8 Å². The zero-order valence-corrected chi connectivity index (χ0v) is 15.6. The van der Waals surface area contributed by atoms with Gasteiger partial charge in [0.25, 0.3) is 0 Å². The highest BCUT2D eigenvalue weighted by molar-refractivity contribution is 5.93. The van der Waals surface area contributed by atoms with E-state index < -0.39 is 30.6 Å². The minimum atomic E-state index is -4.65. The van der Waals surface area contributed by atoms with Crippen LogP contribution in [0.15, 0.2) is 60.7 Å². The number of rotatable bonds is 7. The van der Waals surface area contributed by atoms with Gasteiger partial charge in [-0.1, -0.05) is 60.7 Å². The SMILES string of the molecule is O=C(CC(N(Cc1ccccc1)Cc1ccccc1)C(F)(F)F)N1CCOC1=O. The van der Waals surface area contributed by atoms with Crippen molar-refractivity contribution in [3.8, 4) is 0 Å². The largest absolute Gasteiger partial charge is 0.447 e. The molecule has 0 bridgehead atoms. The van der Waals surface area contributed by atoms with Crippen molar-refractivity contribution in [2.75, 3.05) is 13.2 Å². The van der Waals surface area contributed by atoms with Gasteiger partial charge in [0.15, 0.2) is 0 Å². The normalized spacial score (nSPS) is 15.4. The Morgan fingerprint density at radius 3 is 1.93 bits per heavy atom. The molecule has 154 valence electrons. The number of carbonyl (C=O) groups is 2. The van der Waals surface area contributed by atoms with Crippen molar-refractivity contribution in [1.29, 1.82) is 0 Å². The highest BCUT2D eigenvalue weighted by atomic mass is 19.4. The molecule has 1 aliphatic heterocycles. The summed E-state index contributed by atoms with van der Waals surface area (Å²) < 4.78 is 46.7. The molecule has 3 rings (SSSR count). The van der Waals surface area contributed by atoms with Gasteiger partial charge >= 0.3 is 12.3 Å². The number of amides is 2. The number of halogens is 3. The van der Waals surface area contributed by atoms with E-state index in [1.807, 2.05) is 0 Å². The van der Waals surface area contributed by atoms with Crippen LogP contribution in [-0.4, -0.2) is 47.2 Å². The summed E-state index contributed by atoms with van der Waals surface area (Å²) >= 11 is 0. The third kappa shape index (κ3) is 5.57. The van der Waals surface area contributed by atoms with Crippen molar-refractivity contribution >= 4 is 12.0 Å². The Balaban J connectivity index is 1.86. The number of alkyl halides is 3. The first-order valence-electron chi connectivity index (χ1n) is 9.20. The molecule has 0 radical (unpaired) electrons. The van der Waals surface area contributed by atoms with Gasteiger partial charge in [-0.25, -0.2) is 9.69 Å². The van der Waals surface area contributed by atoms with E-state index in [1.165, 1.54) is 4.90 Å². The minimum absolute atomic E-state index is 0.000989. The van der Waals surface area contributed by atoms with Crippen molar-refractivity contribution in [1.82, 2.24) is 9.80 Å². The Hall–Kier alpha value is -2.87. The summed E-state index contributed by atoms with van der Waals surface area (Å²) in [5.74, 6) is -0.888. The van der Waals surface area contributed by atoms with Crippen LogP contribution in [0.4, 0.5) is 18.0 Å². The topological polar surface area (TPSA) is 49.9 Å². The first-order valence-corrected chi connectivity index (χ1v) is 9.20. The Bertz CT molecular complexity index is 787. The van der Waals surface area contributed by atoms with E-state index in [4.69, 9.17) is 0 Å². The van der Waals surface area contributed by atoms with Gasteiger partial charge in [0, 0.05) is 13.1 Å². The van der Waals surface area contributed by atoms with Crippen LogP contribution in [0.25, 0.3) is 0 Å². The summed E-state index contributed by atoms with van der Waals surface area (Å²) in [6.45, 7) is -0.00606. The summed E-state index contributed by atoms with van der Waals surface area (Å²) in [6.07, 6.45) is -6.39. The van der Waals surface area contributed by atoms with Gasteiger partial charge in [0.05, 0.1) is 13.0 Å². The van der Waals surface area contributed by atoms with Crippen LogP contribution in [-0.2, 0) is 22.6 Å². The van der Waals surface area contributed by atoms with E-state index in [1.54, 1.807) is 60.7 Å². The Kier molecular flexibility index (Phi) is 6.53. The van der Waals surface area contributed by atoms with Crippen molar-refractivity contribution < 1.29 is 27.5 Å². The van der Waals surface area contributed by atoms with Crippen LogP contribution in [0.1, 0.15) is 17.5 Å². The summed E-state index contributed by atoms with van der Waals surface area (Å²) in [4.78, 5) is 26.0. The maximum absolute atomic E-state index is 14.0. The molecule has 8 heteroatoms. The number of cyclic esters (lactones) is 1. The lowest BCUT2D eigenvalue weighted by Gasteiger charge is -2.33. The molecule has 1 unspecified atom stereocenters. The predicted octanol–water partition coefficient (Wildman–Crippen LogP) is 3.99. The lowest BCUT2D eigenvalue weighted by Crippen LogP contribution is -2.48. The number of ether oxygens (including phenoxy) is 1. The fourth-order valence-corrected chi connectivity index (χ4v) is 3.26. The molecule has 5 nitrogen and oxygen atoms in total. The molecule has 1 saturated heterocycles. The fraction of sp³-hybridized carbons (Fsp3) is 0.333. The average Bonchev–Trinajstić information content (AvgIpc) is 3.12. The molecule has 2 amide bonds. The minimum Gasteiger partial charge on any atom is -0.447 e. The van der Waals surface area contributed by atoms with Crippen molar-refractivity contribution in [2.45, 2.75) is 31.7 Å². The number of imide groups is 1. The van der Waals surface area contributed by atoms with E-state index in [0.29, 0.717) is 11.1 Å². The Morgan fingerprint density at radius 2 is 1.52 bits per heavy atom. The second-order valence-electron chi connectivity index (χ2n) is 6.80. The third-order valence-corrected chi connectivity index (χ3v) is 4.71. The zero-order chi connectivity index (χ0) is 20.9. The van der Waals surface area contributed by atoms with Gasteiger partial charge in [-0.2, -0.15) is 13.2 Å². The Labute approximate surface area is 166 Å². The molecule has 1 heterocycles. The zero-order valence-electron chi connectivity index (χ0n) is 15.6. The number of hydrogen-bond acceptors (Lipinski definition) is 4. The van der Waals surface area contributed by atoms with Crippen LogP contribution in [0.5, 0.6) is 0 Å². The van der Waals surface area contributed by atoms with E-state index in [9.17, 15) is 22.8 Å². The summed E-state index contributed by atoms with van der Waals surface area (Å²) in [7, 11) is 0. The van der Waals surface area contributed by atoms with Gasteiger partial charge < -0.3 is 4.74 Å². The van der Waals surface area contributed by atoms with E-state index in [2.05, 4.69) is 4.74 Å². The molecule has 2 aromatic rings. The maximum Gasteiger partial charge on any atom is 0.416 e. The summed E-state index contributed by atoms with van der Waals surface area (Å²) in [5.41, 5.74) is 1.40. The van der Waals surface area contributed by atoms with Crippen LogP contribution < -0.4 is 0 Å². The smallest absolute Gasteiger partial charge is 0.416 e. The molecule has 0 aromatic heterocycles.